The molecule has 2 aliphatic rings. The summed E-state index contributed by atoms with van der Waals surface area (Å²) in [4.78, 5) is 40.7. The van der Waals surface area contributed by atoms with E-state index in [1.54, 1.807) is 24.3 Å². The zero-order valence-corrected chi connectivity index (χ0v) is 18.2. The van der Waals surface area contributed by atoms with Crippen LogP contribution >= 0.6 is 0 Å². The van der Waals surface area contributed by atoms with Crippen molar-refractivity contribution in [3.05, 3.63) is 48.5 Å². The Balaban J connectivity index is 1.43. The average Bonchev–Trinajstić information content (AvgIpc) is 2.80. The highest BCUT2D eigenvalue weighted by Crippen LogP contribution is 2.33. The van der Waals surface area contributed by atoms with Crippen LogP contribution in [0.4, 0.5) is 17.1 Å². The lowest BCUT2D eigenvalue weighted by atomic mass is 10.1. The minimum absolute atomic E-state index is 0.0156. The minimum atomic E-state index is -0.632. The molecule has 2 N–H and O–H groups in total. The first-order valence-electron chi connectivity index (χ1n) is 11.0. The third-order valence-electron chi connectivity index (χ3n) is 5.63. The number of benzene rings is 2. The Morgan fingerprint density at radius 1 is 0.938 bits per heavy atom. The normalized spacial score (nSPS) is 17.7. The van der Waals surface area contributed by atoms with E-state index in [9.17, 15) is 14.4 Å². The van der Waals surface area contributed by atoms with Crippen LogP contribution in [0.25, 0.3) is 0 Å². The number of hydrogen-bond acceptors (Lipinski definition) is 5. The zero-order valence-electron chi connectivity index (χ0n) is 18.2. The first-order valence-corrected chi connectivity index (χ1v) is 11.0. The Kier molecular flexibility index (Phi) is 6.58. The van der Waals surface area contributed by atoms with Gasteiger partial charge in [0.05, 0.1) is 18.8 Å². The average molecular weight is 437 g/mol. The molecule has 0 radical (unpaired) electrons. The number of ether oxygens (including phenoxy) is 1. The van der Waals surface area contributed by atoms with Crippen LogP contribution < -0.4 is 20.3 Å². The third kappa shape index (κ3) is 5.19. The third-order valence-corrected chi connectivity index (χ3v) is 5.63. The zero-order chi connectivity index (χ0) is 22.5. The molecule has 0 aromatic heterocycles. The molecule has 1 saturated heterocycles. The maximum Gasteiger partial charge on any atom is 0.265 e. The smallest absolute Gasteiger partial charge is 0.265 e. The Hall–Kier alpha value is -3.55. The van der Waals surface area contributed by atoms with Crippen molar-refractivity contribution in [2.75, 3.05) is 41.7 Å². The summed E-state index contributed by atoms with van der Waals surface area (Å²) < 4.78 is 6.02. The van der Waals surface area contributed by atoms with Gasteiger partial charge in [0.15, 0.2) is 6.10 Å². The van der Waals surface area contributed by atoms with Gasteiger partial charge in [-0.2, -0.15) is 0 Å². The SMILES string of the molecule is CC(=O)Nc1ccc(NC(=O)CN2C[C@@H](C(=O)N3CCCCC3)Oc3ccccc32)cc1. The monoisotopic (exact) mass is 436 g/mol. The van der Waals surface area contributed by atoms with Gasteiger partial charge >= 0.3 is 0 Å². The molecule has 2 aliphatic heterocycles. The Labute approximate surface area is 187 Å². The molecule has 8 heteroatoms. The van der Waals surface area contributed by atoms with Crippen molar-refractivity contribution in [1.82, 2.24) is 4.90 Å². The quantitative estimate of drug-likeness (QED) is 0.752. The number of amides is 3. The highest BCUT2D eigenvalue weighted by Gasteiger charge is 2.34. The fourth-order valence-corrected chi connectivity index (χ4v) is 4.12. The van der Waals surface area contributed by atoms with E-state index in [1.165, 1.54) is 6.92 Å². The molecule has 1 atom stereocenters. The molecule has 0 spiro atoms. The summed E-state index contributed by atoms with van der Waals surface area (Å²) in [5.41, 5.74) is 2.09. The molecule has 0 aliphatic carbocycles. The van der Waals surface area contributed by atoms with Crippen molar-refractivity contribution in [1.29, 1.82) is 0 Å². The standard InChI is InChI=1S/C24H28N4O4/c1-17(29)25-18-9-11-19(12-10-18)26-23(30)16-28-15-22(24(31)27-13-5-2-6-14-27)32-21-8-4-3-7-20(21)28/h3-4,7-12,22H,2,5-6,13-16H2,1H3,(H,25,29)(H,26,30)/t22-/m0/s1. The highest BCUT2D eigenvalue weighted by atomic mass is 16.5. The van der Waals surface area contributed by atoms with E-state index in [-0.39, 0.29) is 24.3 Å². The lowest BCUT2D eigenvalue weighted by Crippen LogP contribution is -2.52. The van der Waals surface area contributed by atoms with E-state index in [0.717, 1.165) is 38.0 Å². The molecule has 2 aromatic rings. The molecule has 8 nitrogen and oxygen atoms in total. The topological polar surface area (TPSA) is 91.0 Å². The van der Waals surface area contributed by atoms with Gasteiger partial charge in [0.1, 0.15) is 5.75 Å². The Morgan fingerprint density at radius 2 is 1.59 bits per heavy atom. The van der Waals surface area contributed by atoms with Crippen LogP contribution in [-0.4, -0.2) is 54.9 Å². The van der Waals surface area contributed by atoms with Gasteiger partial charge in [0.25, 0.3) is 5.91 Å². The van der Waals surface area contributed by atoms with E-state index in [0.29, 0.717) is 23.7 Å². The maximum absolute atomic E-state index is 13.0. The molecular formula is C24H28N4O4. The van der Waals surface area contributed by atoms with Crippen molar-refractivity contribution in [3.8, 4) is 5.75 Å². The summed E-state index contributed by atoms with van der Waals surface area (Å²) in [5.74, 6) is 0.249. The summed E-state index contributed by atoms with van der Waals surface area (Å²) in [6.07, 6.45) is 2.55. The van der Waals surface area contributed by atoms with Crippen molar-refractivity contribution in [2.45, 2.75) is 32.3 Å². The van der Waals surface area contributed by atoms with E-state index in [2.05, 4.69) is 10.6 Å². The van der Waals surface area contributed by atoms with E-state index >= 15 is 0 Å². The van der Waals surface area contributed by atoms with Crippen LogP contribution in [-0.2, 0) is 14.4 Å². The van der Waals surface area contributed by atoms with Crippen LogP contribution in [0.5, 0.6) is 5.75 Å². The van der Waals surface area contributed by atoms with Gasteiger partial charge in [-0.1, -0.05) is 12.1 Å². The molecule has 2 heterocycles. The van der Waals surface area contributed by atoms with E-state index in [1.807, 2.05) is 34.1 Å². The maximum atomic E-state index is 13.0. The van der Waals surface area contributed by atoms with Gasteiger partial charge in [0, 0.05) is 31.4 Å². The predicted octanol–water partition coefficient (Wildman–Crippen LogP) is 2.86. The summed E-state index contributed by atoms with van der Waals surface area (Å²) >= 11 is 0. The number of piperidine rings is 1. The number of nitrogens with zero attached hydrogens (tertiary/aromatic N) is 2. The molecule has 32 heavy (non-hydrogen) atoms. The van der Waals surface area contributed by atoms with Gasteiger partial charge in [-0.25, -0.2) is 0 Å². The highest BCUT2D eigenvalue weighted by molar-refractivity contribution is 5.95. The molecule has 0 unspecified atom stereocenters. The van der Waals surface area contributed by atoms with Crippen LogP contribution in [0.3, 0.4) is 0 Å². The number of hydrogen-bond donors (Lipinski definition) is 2. The van der Waals surface area contributed by atoms with Crippen molar-refractivity contribution < 1.29 is 19.1 Å². The van der Waals surface area contributed by atoms with Gasteiger partial charge in [-0.15, -0.1) is 0 Å². The molecule has 0 saturated carbocycles. The molecule has 2 aromatic carbocycles. The first-order chi connectivity index (χ1) is 15.5. The number of para-hydroxylation sites is 2. The lowest BCUT2D eigenvalue weighted by Gasteiger charge is -2.38. The fourth-order valence-electron chi connectivity index (χ4n) is 4.12. The number of likely N-dealkylation sites (tertiary alicyclic amines) is 1. The second-order valence-corrected chi connectivity index (χ2v) is 8.15. The number of carbonyl (C=O) groups is 3. The number of carbonyl (C=O) groups excluding carboxylic acids is 3. The van der Waals surface area contributed by atoms with Gasteiger partial charge in [0.2, 0.25) is 11.8 Å². The van der Waals surface area contributed by atoms with Crippen LogP contribution in [0.15, 0.2) is 48.5 Å². The number of nitrogens with one attached hydrogen (secondary N) is 2. The number of anilines is 3. The molecular weight excluding hydrogens is 408 g/mol. The number of rotatable bonds is 5. The van der Waals surface area contributed by atoms with E-state index < -0.39 is 6.10 Å². The second-order valence-electron chi connectivity index (χ2n) is 8.15. The van der Waals surface area contributed by atoms with Crippen molar-refractivity contribution in [3.63, 3.8) is 0 Å². The summed E-state index contributed by atoms with van der Waals surface area (Å²) in [6.45, 7) is 3.38. The Morgan fingerprint density at radius 3 is 2.28 bits per heavy atom. The van der Waals surface area contributed by atoms with Crippen LogP contribution in [0.2, 0.25) is 0 Å². The molecule has 168 valence electrons. The summed E-state index contributed by atoms with van der Waals surface area (Å²) in [6, 6.07) is 14.4. The molecule has 3 amide bonds. The van der Waals surface area contributed by atoms with Crippen LogP contribution in [0, 0.1) is 0 Å². The number of fused-ring (bicyclic) bond motifs is 1. The largest absolute Gasteiger partial charge is 0.477 e. The molecule has 0 bridgehead atoms. The van der Waals surface area contributed by atoms with Crippen LogP contribution in [0.1, 0.15) is 26.2 Å². The second kappa shape index (κ2) is 9.72. The minimum Gasteiger partial charge on any atom is -0.477 e. The Bertz CT molecular complexity index is 986. The van der Waals surface area contributed by atoms with Crippen molar-refractivity contribution >= 4 is 34.8 Å². The fraction of sp³-hybridized carbons (Fsp3) is 0.375. The summed E-state index contributed by atoms with van der Waals surface area (Å²) in [7, 11) is 0. The molecule has 4 rings (SSSR count). The first kappa shape index (κ1) is 21.7. The van der Waals surface area contributed by atoms with Crippen molar-refractivity contribution in [2.24, 2.45) is 0 Å². The van der Waals surface area contributed by atoms with Gasteiger partial charge < -0.3 is 25.2 Å². The summed E-state index contributed by atoms with van der Waals surface area (Å²) in [5, 5.41) is 5.57. The lowest BCUT2D eigenvalue weighted by molar-refractivity contribution is -0.139. The predicted molar refractivity (Wildman–Crippen MR) is 123 cm³/mol. The van der Waals surface area contributed by atoms with Gasteiger partial charge in [-0.05, 0) is 55.7 Å². The van der Waals surface area contributed by atoms with E-state index in [4.69, 9.17) is 4.74 Å². The van der Waals surface area contributed by atoms with Gasteiger partial charge in [-0.3, -0.25) is 14.4 Å². The molecule has 1 fully saturated rings.